The molecule has 0 saturated heterocycles. The standard InChI is InChI=1S/C18H18N4O4/c23-18(24)15-6-8-16(9-7-15)21-13-20(12-17(19-21)22(25)26)11-10-14-4-2-1-3-5-14/h1-9H,10-13H2,(H,23,24). The van der Waals surface area contributed by atoms with Gasteiger partial charge in [-0.3, -0.25) is 4.90 Å². The smallest absolute Gasteiger partial charge is 0.378 e. The number of benzene rings is 2. The van der Waals surface area contributed by atoms with Gasteiger partial charge < -0.3 is 15.2 Å². The third-order valence-corrected chi connectivity index (χ3v) is 4.12. The molecule has 3 rings (SSSR count). The van der Waals surface area contributed by atoms with E-state index in [0.29, 0.717) is 18.9 Å². The summed E-state index contributed by atoms with van der Waals surface area (Å²) in [6, 6.07) is 16.0. The van der Waals surface area contributed by atoms with Gasteiger partial charge in [-0.25, -0.2) is 4.79 Å². The molecule has 2 aromatic carbocycles. The Balaban J connectivity index is 1.75. The molecule has 1 aliphatic rings. The van der Waals surface area contributed by atoms with Gasteiger partial charge >= 0.3 is 11.8 Å². The van der Waals surface area contributed by atoms with E-state index in [1.54, 1.807) is 12.1 Å². The highest BCUT2D eigenvalue weighted by Crippen LogP contribution is 2.19. The minimum absolute atomic E-state index is 0.133. The Kier molecular flexibility index (Phi) is 5.23. The van der Waals surface area contributed by atoms with Crippen molar-refractivity contribution in [1.82, 2.24) is 4.90 Å². The van der Waals surface area contributed by atoms with E-state index < -0.39 is 10.9 Å². The molecule has 0 aliphatic carbocycles. The van der Waals surface area contributed by atoms with Gasteiger partial charge in [-0.05, 0) is 41.2 Å². The number of nitrogens with zero attached hydrogens (tertiary/aromatic N) is 4. The maximum atomic E-state index is 11.2. The van der Waals surface area contributed by atoms with Crippen LogP contribution >= 0.6 is 0 Å². The molecule has 8 nitrogen and oxygen atoms in total. The number of carboxylic acids is 1. The lowest BCUT2D eigenvalue weighted by Gasteiger charge is -2.28. The first-order valence-corrected chi connectivity index (χ1v) is 8.12. The highest BCUT2D eigenvalue weighted by molar-refractivity contribution is 5.88. The molecule has 0 unspecified atom stereocenters. The number of carbonyl (C=O) groups is 1. The van der Waals surface area contributed by atoms with E-state index in [1.165, 1.54) is 17.1 Å². The van der Waals surface area contributed by atoms with E-state index >= 15 is 0 Å². The van der Waals surface area contributed by atoms with E-state index in [9.17, 15) is 14.9 Å². The van der Waals surface area contributed by atoms with Gasteiger partial charge in [0.2, 0.25) is 0 Å². The average Bonchev–Trinajstić information content (AvgIpc) is 2.67. The van der Waals surface area contributed by atoms with Crippen molar-refractivity contribution in [3.63, 3.8) is 0 Å². The monoisotopic (exact) mass is 354 g/mol. The summed E-state index contributed by atoms with van der Waals surface area (Å²) in [7, 11) is 0. The third kappa shape index (κ3) is 4.22. The molecule has 26 heavy (non-hydrogen) atoms. The number of hydrogen-bond donors (Lipinski definition) is 1. The normalized spacial score (nSPS) is 14.8. The number of hydrazone groups is 1. The van der Waals surface area contributed by atoms with Crippen LogP contribution in [0.4, 0.5) is 5.69 Å². The van der Waals surface area contributed by atoms with Crippen molar-refractivity contribution in [1.29, 1.82) is 0 Å². The van der Waals surface area contributed by atoms with Crippen LogP contribution in [0.15, 0.2) is 59.7 Å². The van der Waals surface area contributed by atoms with Crippen LogP contribution in [0.3, 0.4) is 0 Å². The van der Waals surface area contributed by atoms with Crippen LogP contribution in [0.1, 0.15) is 15.9 Å². The van der Waals surface area contributed by atoms with Gasteiger partial charge in [-0.1, -0.05) is 30.3 Å². The van der Waals surface area contributed by atoms with Crippen molar-refractivity contribution in [2.24, 2.45) is 5.10 Å². The minimum Gasteiger partial charge on any atom is -0.478 e. The number of rotatable bonds is 5. The molecule has 0 saturated carbocycles. The fraction of sp³-hybridized carbons (Fsp3) is 0.222. The topological polar surface area (TPSA) is 99.3 Å². The van der Waals surface area contributed by atoms with Crippen LogP contribution < -0.4 is 5.01 Å². The second kappa shape index (κ2) is 7.75. The quantitative estimate of drug-likeness (QED) is 0.653. The van der Waals surface area contributed by atoms with E-state index in [4.69, 9.17) is 5.11 Å². The van der Waals surface area contributed by atoms with Crippen molar-refractivity contribution < 1.29 is 14.8 Å². The zero-order chi connectivity index (χ0) is 18.5. The first-order chi connectivity index (χ1) is 12.5. The summed E-state index contributed by atoms with van der Waals surface area (Å²) in [6.07, 6.45) is 0.775. The number of nitro groups is 1. The molecule has 134 valence electrons. The summed E-state index contributed by atoms with van der Waals surface area (Å²) < 4.78 is 0. The Hall–Kier alpha value is -3.26. The summed E-state index contributed by atoms with van der Waals surface area (Å²) in [5, 5.41) is 25.8. The summed E-state index contributed by atoms with van der Waals surface area (Å²) in [6.45, 7) is 1.22. The Morgan fingerprint density at radius 1 is 1.15 bits per heavy atom. The number of aromatic carboxylic acids is 1. The van der Waals surface area contributed by atoms with Gasteiger partial charge in [0, 0.05) is 6.54 Å². The zero-order valence-electron chi connectivity index (χ0n) is 14.0. The molecule has 1 aliphatic heterocycles. The molecule has 0 amide bonds. The van der Waals surface area contributed by atoms with Crippen LogP contribution in [0.25, 0.3) is 0 Å². The molecule has 0 bridgehead atoms. The predicted octanol–water partition coefficient (Wildman–Crippen LogP) is 2.30. The fourth-order valence-corrected chi connectivity index (χ4v) is 2.73. The van der Waals surface area contributed by atoms with E-state index in [-0.39, 0.29) is 17.9 Å². The van der Waals surface area contributed by atoms with Crippen LogP contribution in [0, 0.1) is 10.1 Å². The fourth-order valence-electron chi connectivity index (χ4n) is 2.73. The van der Waals surface area contributed by atoms with E-state index in [0.717, 1.165) is 12.0 Å². The molecule has 8 heteroatoms. The molecule has 0 radical (unpaired) electrons. The average molecular weight is 354 g/mol. The van der Waals surface area contributed by atoms with Crippen LogP contribution in [-0.2, 0) is 6.42 Å². The lowest BCUT2D eigenvalue weighted by Crippen LogP contribution is -2.46. The molecule has 0 atom stereocenters. The molecule has 1 N–H and O–H groups in total. The zero-order valence-corrected chi connectivity index (χ0v) is 14.0. The van der Waals surface area contributed by atoms with Gasteiger partial charge in [0.15, 0.2) is 0 Å². The van der Waals surface area contributed by atoms with Crippen molar-refractivity contribution >= 4 is 17.5 Å². The summed E-state index contributed by atoms with van der Waals surface area (Å²) in [4.78, 5) is 23.7. The lowest BCUT2D eigenvalue weighted by atomic mass is 10.1. The first kappa shape index (κ1) is 17.6. The second-order valence-electron chi connectivity index (χ2n) is 5.95. The van der Waals surface area contributed by atoms with E-state index in [1.807, 2.05) is 35.2 Å². The van der Waals surface area contributed by atoms with E-state index in [2.05, 4.69) is 5.10 Å². The molecular weight excluding hydrogens is 336 g/mol. The molecule has 0 spiro atoms. The Morgan fingerprint density at radius 3 is 2.46 bits per heavy atom. The maximum Gasteiger partial charge on any atom is 0.378 e. The van der Waals surface area contributed by atoms with Crippen molar-refractivity contribution in [2.75, 3.05) is 24.8 Å². The maximum absolute atomic E-state index is 11.2. The minimum atomic E-state index is -1.02. The van der Waals surface area contributed by atoms with Crippen LogP contribution in [0.2, 0.25) is 0 Å². The number of amidine groups is 1. The van der Waals surface area contributed by atoms with Crippen LogP contribution in [-0.4, -0.2) is 46.5 Å². The summed E-state index contributed by atoms with van der Waals surface area (Å²) in [5.41, 5.74) is 1.93. The third-order valence-electron chi connectivity index (χ3n) is 4.12. The molecule has 1 heterocycles. The SMILES string of the molecule is O=C(O)c1ccc(N2CN(CCc3ccccc3)CC([N+](=O)[O-])=N2)cc1. The number of carboxylic acid groups (broad SMARTS) is 1. The van der Waals surface area contributed by atoms with Crippen molar-refractivity contribution in [3.05, 3.63) is 75.8 Å². The highest BCUT2D eigenvalue weighted by Gasteiger charge is 2.29. The van der Waals surface area contributed by atoms with Gasteiger partial charge in [-0.2, -0.15) is 5.01 Å². The van der Waals surface area contributed by atoms with Gasteiger partial charge in [0.1, 0.15) is 13.2 Å². The van der Waals surface area contributed by atoms with Gasteiger partial charge in [0.25, 0.3) is 0 Å². The molecule has 0 aromatic heterocycles. The summed E-state index contributed by atoms with van der Waals surface area (Å²) in [5.74, 6) is -1.15. The van der Waals surface area contributed by atoms with Gasteiger partial charge in [-0.15, -0.1) is 0 Å². The predicted molar refractivity (Wildman–Crippen MR) is 96.9 cm³/mol. The molecule has 2 aromatic rings. The number of anilines is 1. The van der Waals surface area contributed by atoms with Crippen LogP contribution in [0.5, 0.6) is 0 Å². The summed E-state index contributed by atoms with van der Waals surface area (Å²) >= 11 is 0. The molecular formula is C18H18N4O4. The van der Waals surface area contributed by atoms with Crippen molar-refractivity contribution in [2.45, 2.75) is 6.42 Å². The Morgan fingerprint density at radius 2 is 1.85 bits per heavy atom. The highest BCUT2D eigenvalue weighted by atomic mass is 16.6. The van der Waals surface area contributed by atoms with Gasteiger partial charge in [0.05, 0.1) is 16.4 Å². The molecule has 0 fully saturated rings. The Labute approximate surface area is 150 Å². The lowest BCUT2D eigenvalue weighted by molar-refractivity contribution is -0.354. The first-order valence-electron chi connectivity index (χ1n) is 8.12. The second-order valence-corrected chi connectivity index (χ2v) is 5.95. The Bertz CT molecular complexity index is 821. The number of hydrogen-bond acceptors (Lipinski definition) is 6. The largest absolute Gasteiger partial charge is 0.478 e. The van der Waals surface area contributed by atoms with Crippen molar-refractivity contribution in [3.8, 4) is 0 Å².